The van der Waals surface area contributed by atoms with Crippen LogP contribution in [0.15, 0.2) is 39.9 Å². The third kappa shape index (κ3) is 3.17. The Kier molecular flexibility index (Phi) is 4.59. The number of hydrogen-bond acceptors (Lipinski definition) is 9. The molecule has 2 fully saturated rings. The van der Waals surface area contributed by atoms with E-state index in [1.54, 1.807) is 11.9 Å². The second-order valence-electron chi connectivity index (χ2n) is 7.66. The highest BCUT2D eigenvalue weighted by Crippen LogP contribution is 2.31. The van der Waals surface area contributed by atoms with Crippen molar-refractivity contribution in [1.29, 1.82) is 0 Å². The second kappa shape index (κ2) is 7.29. The van der Waals surface area contributed by atoms with Crippen molar-refractivity contribution in [3.8, 4) is 17.1 Å². The average Bonchev–Trinajstić information content (AvgIpc) is 2.76. The number of ether oxygens (including phenoxy) is 1. The molecule has 30 heavy (non-hydrogen) atoms. The lowest BCUT2D eigenvalue weighted by Gasteiger charge is -2.45. The molecule has 2 unspecified atom stereocenters. The van der Waals surface area contributed by atoms with Gasteiger partial charge in [0.1, 0.15) is 17.5 Å². The fourth-order valence-electron chi connectivity index (χ4n) is 4.14. The maximum Gasteiger partial charge on any atom is 0.192 e. The highest BCUT2D eigenvalue weighted by molar-refractivity contribution is 5.84. The Hall–Kier alpha value is -3.11. The number of hydrogen-bond donors (Lipinski definition) is 2. The summed E-state index contributed by atoms with van der Waals surface area (Å²) < 4.78 is 25.7. The van der Waals surface area contributed by atoms with Crippen molar-refractivity contribution >= 4 is 16.8 Å². The minimum absolute atomic E-state index is 0.104. The fourth-order valence-corrected chi connectivity index (χ4v) is 4.14. The predicted octanol–water partition coefficient (Wildman–Crippen LogP) is 1.25. The molecule has 2 aromatic heterocycles. The third-order valence-corrected chi connectivity index (χ3v) is 5.77. The minimum Gasteiger partial charge on any atom is -0.507 e. The van der Waals surface area contributed by atoms with Gasteiger partial charge < -0.3 is 24.5 Å². The van der Waals surface area contributed by atoms with Crippen LogP contribution in [-0.4, -0.2) is 64.8 Å². The third-order valence-electron chi connectivity index (χ3n) is 5.77. The molecule has 2 aliphatic heterocycles. The number of benzene rings is 1. The SMILES string of the molecule is CN(c1cnc(-c2cc3occc(=O)c3cc2O)nn1)[C@H]1CC2COCC(N2)[C@H]1F. The van der Waals surface area contributed by atoms with Gasteiger partial charge in [0.05, 0.1) is 48.7 Å². The number of nitrogens with zero attached hydrogens (tertiary/aromatic N) is 4. The molecule has 3 aromatic rings. The van der Waals surface area contributed by atoms with Crippen molar-refractivity contribution in [2.75, 3.05) is 25.2 Å². The molecule has 0 saturated carbocycles. The zero-order valence-corrected chi connectivity index (χ0v) is 16.2. The Bertz CT molecular complexity index is 1140. The lowest BCUT2D eigenvalue weighted by molar-refractivity contribution is -0.0175. The number of morpholine rings is 1. The number of alkyl halides is 1. The Morgan fingerprint density at radius 3 is 2.97 bits per heavy atom. The summed E-state index contributed by atoms with van der Waals surface area (Å²) in [5.74, 6) is 0.448. The number of anilines is 1. The summed E-state index contributed by atoms with van der Waals surface area (Å²) in [7, 11) is 1.77. The molecule has 2 aliphatic rings. The Balaban J connectivity index is 1.42. The number of phenols is 1. The van der Waals surface area contributed by atoms with Gasteiger partial charge in [-0.05, 0) is 18.6 Å². The topological polar surface area (TPSA) is 114 Å². The zero-order valence-electron chi connectivity index (χ0n) is 16.2. The second-order valence-corrected chi connectivity index (χ2v) is 7.66. The van der Waals surface area contributed by atoms with E-state index in [2.05, 4.69) is 20.5 Å². The molecule has 156 valence electrons. The first-order valence-electron chi connectivity index (χ1n) is 9.66. The van der Waals surface area contributed by atoms with E-state index in [0.29, 0.717) is 31.0 Å². The summed E-state index contributed by atoms with van der Waals surface area (Å²) in [6.45, 7) is 0.913. The van der Waals surface area contributed by atoms with Crippen LogP contribution in [0.2, 0.25) is 0 Å². The Morgan fingerprint density at radius 2 is 2.17 bits per heavy atom. The summed E-state index contributed by atoms with van der Waals surface area (Å²) in [5.41, 5.74) is 0.339. The molecule has 4 atom stereocenters. The van der Waals surface area contributed by atoms with Gasteiger partial charge in [-0.1, -0.05) is 0 Å². The molecule has 0 amide bonds. The standard InChI is InChI=1S/C20H20FN5O4/c1-26(14-4-10-8-29-9-13(23-10)19(14)21)18-7-22-20(25-24-18)12-6-17-11(5-16(12)28)15(27)2-3-30-17/h2-3,5-7,10,13-14,19,23,28H,4,8-9H2,1H3/t10?,13?,14-,19+/m0/s1. The molecule has 0 aliphatic carbocycles. The van der Waals surface area contributed by atoms with E-state index in [1.807, 2.05) is 0 Å². The van der Waals surface area contributed by atoms with Crippen LogP contribution in [0.3, 0.4) is 0 Å². The van der Waals surface area contributed by atoms with E-state index in [0.717, 1.165) is 0 Å². The number of aromatic hydroxyl groups is 1. The van der Waals surface area contributed by atoms with Crippen LogP contribution in [0.4, 0.5) is 10.2 Å². The zero-order chi connectivity index (χ0) is 20.8. The van der Waals surface area contributed by atoms with Crippen molar-refractivity contribution in [3.05, 3.63) is 40.9 Å². The number of piperidine rings is 1. The van der Waals surface area contributed by atoms with E-state index in [9.17, 15) is 14.3 Å². The number of rotatable bonds is 3. The molecule has 1 aromatic carbocycles. The summed E-state index contributed by atoms with van der Waals surface area (Å²) in [5, 5.41) is 22.1. The van der Waals surface area contributed by atoms with Gasteiger partial charge >= 0.3 is 0 Å². The lowest BCUT2D eigenvalue weighted by Crippen LogP contribution is -2.65. The number of phenolic OH excluding ortho intramolecular Hbond substituents is 1. The van der Waals surface area contributed by atoms with Crippen molar-refractivity contribution in [1.82, 2.24) is 20.5 Å². The van der Waals surface area contributed by atoms with Gasteiger partial charge in [0.15, 0.2) is 17.1 Å². The fraction of sp³-hybridized carbons (Fsp3) is 0.400. The van der Waals surface area contributed by atoms with Crippen molar-refractivity contribution in [2.24, 2.45) is 0 Å². The largest absolute Gasteiger partial charge is 0.507 e. The molecule has 2 saturated heterocycles. The van der Waals surface area contributed by atoms with Gasteiger partial charge in [0.2, 0.25) is 0 Å². The number of nitrogens with one attached hydrogen (secondary N) is 1. The molecule has 2 bridgehead atoms. The Morgan fingerprint density at radius 1 is 1.30 bits per heavy atom. The van der Waals surface area contributed by atoms with Crippen LogP contribution < -0.4 is 15.6 Å². The lowest BCUT2D eigenvalue weighted by atomic mass is 9.90. The summed E-state index contributed by atoms with van der Waals surface area (Å²) >= 11 is 0. The average molecular weight is 413 g/mol. The molecular formula is C20H20FN5O4. The van der Waals surface area contributed by atoms with Crippen LogP contribution in [0.5, 0.6) is 5.75 Å². The molecule has 2 N–H and O–H groups in total. The molecule has 9 nitrogen and oxygen atoms in total. The summed E-state index contributed by atoms with van der Waals surface area (Å²) in [6, 6.07) is 3.50. The van der Waals surface area contributed by atoms with E-state index >= 15 is 0 Å². The summed E-state index contributed by atoms with van der Waals surface area (Å²) in [6.07, 6.45) is 2.26. The number of aromatic nitrogens is 3. The van der Waals surface area contributed by atoms with E-state index in [4.69, 9.17) is 9.15 Å². The van der Waals surface area contributed by atoms with Gasteiger partial charge in [-0.2, -0.15) is 0 Å². The molecule has 0 spiro atoms. The smallest absolute Gasteiger partial charge is 0.192 e. The maximum atomic E-state index is 14.9. The first-order chi connectivity index (χ1) is 14.5. The quantitative estimate of drug-likeness (QED) is 0.655. The van der Waals surface area contributed by atoms with E-state index in [-0.39, 0.29) is 46.1 Å². The normalized spacial score (nSPS) is 25.9. The number of halogens is 1. The number of fused-ring (bicyclic) bond motifs is 3. The van der Waals surface area contributed by atoms with Crippen molar-refractivity contribution in [3.63, 3.8) is 0 Å². The first kappa shape index (κ1) is 18.9. The van der Waals surface area contributed by atoms with Gasteiger partial charge in [-0.15, -0.1) is 10.2 Å². The predicted molar refractivity (Wildman–Crippen MR) is 106 cm³/mol. The van der Waals surface area contributed by atoms with Crippen molar-refractivity contribution < 1.29 is 18.7 Å². The van der Waals surface area contributed by atoms with Crippen LogP contribution in [0.1, 0.15) is 6.42 Å². The van der Waals surface area contributed by atoms with Gasteiger partial charge in [-0.25, -0.2) is 9.37 Å². The van der Waals surface area contributed by atoms with Crippen molar-refractivity contribution in [2.45, 2.75) is 30.7 Å². The van der Waals surface area contributed by atoms with Crippen LogP contribution >= 0.6 is 0 Å². The van der Waals surface area contributed by atoms with Gasteiger partial charge in [0, 0.05) is 19.2 Å². The van der Waals surface area contributed by atoms with Crippen LogP contribution in [0, 0.1) is 0 Å². The minimum atomic E-state index is -1.11. The maximum absolute atomic E-state index is 14.9. The van der Waals surface area contributed by atoms with E-state index < -0.39 is 6.17 Å². The summed E-state index contributed by atoms with van der Waals surface area (Å²) in [4.78, 5) is 17.9. The molecule has 10 heteroatoms. The molecular weight excluding hydrogens is 393 g/mol. The molecule has 0 radical (unpaired) electrons. The first-order valence-corrected chi connectivity index (χ1v) is 9.66. The van der Waals surface area contributed by atoms with Crippen LogP contribution in [0.25, 0.3) is 22.4 Å². The van der Waals surface area contributed by atoms with E-state index in [1.165, 1.54) is 30.7 Å². The highest BCUT2D eigenvalue weighted by atomic mass is 19.1. The monoisotopic (exact) mass is 413 g/mol. The van der Waals surface area contributed by atoms with Gasteiger partial charge in [-0.3, -0.25) is 4.79 Å². The van der Waals surface area contributed by atoms with Crippen LogP contribution in [-0.2, 0) is 4.74 Å². The highest BCUT2D eigenvalue weighted by Gasteiger charge is 2.42. The molecule has 5 rings (SSSR count). The Labute approximate surface area is 170 Å². The van der Waals surface area contributed by atoms with Gasteiger partial charge in [0.25, 0.3) is 0 Å². The molecule has 4 heterocycles.